The Balaban J connectivity index is 1.51. The van der Waals surface area contributed by atoms with E-state index in [-0.39, 0.29) is 5.89 Å². The third-order valence-electron chi connectivity index (χ3n) is 3.88. The zero-order chi connectivity index (χ0) is 18.8. The van der Waals surface area contributed by atoms with Crippen LogP contribution in [-0.2, 0) is 4.74 Å². The molecule has 0 saturated carbocycles. The highest BCUT2D eigenvalue weighted by atomic mass is 35.5. The summed E-state index contributed by atoms with van der Waals surface area (Å²) in [6.45, 7) is 1.67. The van der Waals surface area contributed by atoms with Crippen molar-refractivity contribution in [2.45, 2.75) is 13.0 Å². The molecule has 1 aromatic carbocycles. The minimum atomic E-state index is -0.700. The van der Waals surface area contributed by atoms with E-state index in [1.165, 1.54) is 0 Å². The second kappa shape index (κ2) is 7.13. The molecule has 0 aliphatic rings. The molecular formula is C19H13ClN4O3. The minimum absolute atomic E-state index is 0.205. The van der Waals surface area contributed by atoms with E-state index in [1.807, 2.05) is 6.07 Å². The van der Waals surface area contributed by atoms with Crippen LogP contribution >= 0.6 is 11.6 Å². The lowest BCUT2D eigenvalue weighted by molar-refractivity contribution is 0.0265. The van der Waals surface area contributed by atoms with E-state index in [9.17, 15) is 4.79 Å². The van der Waals surface area contributed by atoms with Crippen molar-refractivity contribution in [3.63, 3.8) is 0 Å². The van der Waals surface area contributed by atoms with Crippen molar-refractivity contribution in [3.8, 4) is 11.4 Å². The Kier molecular flexibility index (Phi) is 4.52. The number of fused-ring (bicyclic) bond motifs is 1. The molecule has 3 heterocycles. The number of ether oxygens (including phenoxy) is 1. The Morgan fingerprint density at radius 2 is 2.07 bits per heavy atom. The second-order valence-electron chi connectivity index (χ2n) is 5.79. The van der Waals surface area contributed by atoms with E-state index in [0.717, 1.165) is 5.39 Å². The maximum absolute atomic E-state index is 12.4. The van der Waals surface area contributed by atoms with Crippen LogP contribution in [0.5, 0.6) is 0 Å². The van der Waals surface area contributed by atoms with Gasteiger partial charge in [-0.05, 0) is 49.4 Å². The normalized spacial score (nSPS) is 12.1. The summed E-state index contributed by atoms with van der Waals surface area (Å²) in [4.78, 5) is 24.9. The summed E-state index contributed by atoms with van der Waals surface area (Å²) in [6.07, 6.45) is 2.58. The third kappa shape index (κ3) is 3.63. The molecule has 27 heavy (non-hydrogen) atoms. The fraction of sp³-hybridized carbons (Fsp3) is 0.105. The number of halogens is 1. The Morgan fingerprint density at radius 3 is 2.89 bits per heavy atom. The van der Waals surface area contributed by atoms with Crippen LogP contribution in [0.3, 0.4) is 0 Å². The molecule has 1 atom stereocenters. The second-order valence-corrected chi connectivity index (χ2v) is 6.17. The minimum Gasteiger partial charge on any atom is -0.449 e. The SMILES string of the molecule is CC(OC(=O)c1ccc2nc(Cl)ccc2c1)c1nc(-c2cccnc2)no1. The van der Waals surface area contributed by atoms with Gasteiger partial charge in [0.1, 0.15) is 5.15 Å². The van der Waals surface area contributed by atoms with E-state index < -0.39 is 12.1 Å². The lowest BCUT2D eigenvalue weighted by Crippen LogP contribution is -2.09. The Morgan fingerprint density at radius 1 is 1.19 bits per heavy atom. The van der Waals surface area contributed by atoms with Crippen molar-refractivity contribution in [2.75, 3.05) is 0 Å². The van der Waals surface area contributed by atoms with Gasteiger partial charge in [0.25, 0.3) is 5.89 Å². The number of aromatic nitrogens is 4. The third-order valence-corrected chi connectivity index (χ3v) is 4.09. The van der Waals surface area contributed by atoms with Crippen molar-refractivity contribution in [1.29, 1.82) is 0 Å². The molecule has 0 spiro atoms. The average Bonchev–Trinajstić information content (AvgIpc) is 3.18. The quantitative estimate of drug-likeness (QED) is 0.386. The van der Waals surface area contributed by atoms with Crippen LogP contribution in [0.25, 0.3) is 22.3 Å². The van der Waals surface area contributed by atoms with Crippen LogP contribution in [0, 0.1) is 0 Å². The lowest BCUT2D eigenvalue weighted by atomic mass is 10.1. The van der Waals surface area contributed by atoms with Gasteiger partial charge in [-0.2, -0.15) is 4.98 Å². The monoisotopic (exact) mass is 380 g/mol. The van der Waals surface area contributed by atoms with E-state index in [1.54, 1.807) is 55.7 Å². The van der Waals surface area contributed by atoms with Gasteiger partial charge in [-0.25, -0.2) is 9.78 Å². The molecule has 134 valence electrons. The Bertz CT molecular complexity index is 1110. The molecule has 0 radical (unpaired) electrons. The standard InChI is InChI=1S/C19H13ClN4O3/c1-11(18-23-17(24-27-18)14-3-2-8-21-10-14)26-19(25)13-4-6-15-12(9-13)5-7-16(20)22-15/h2-11H,1H3. The molecule has 1 unspecified atom stereocenters. The van der Waals surface area contributed by atoms with Gasteiger partial charge in [0, 0.05) is 23.3 Å². The fourth-order valence-corrected chi connectivity index (χ4v) is 2.67. The highest BCUT2D eigenvalue weighted by Gasteiger charge is 2.20. The van der Waals surface area contributed by atoms with Crippen LogP contribution in [0.4, 0.5) is 0 Å². The van der Waals surface area contributed by atoms with Gasteiger partial charge in [0.2, 0.25) is 5.82 Å². The fourth-order valence-electron chi connectivity index (χ4n) is 2.52. The van der Waals surface area contributed by atoms with Crippen LogP contribution in [0.2, 0.25) is 5.15 Å². The van der Waals surface area contributed by atoms with Gasteiger partial charge in [-0.3, -0.25) is 4.98 Å². The van der Waals surface area contributed by atoms with Crippen LogP contribution in [0.1, 0.15) is 29.3 Å². The molecule has 3 aromatic heterocycles. The maximum atomic E-state index is 12.4. The maximum Gasteiger partial charge on any atom is 0.338 e. The summed E-state index contributed by atoms with van der Waals surface area (Å²) in [7, 11) is 0. The van der Waals surface area contributed by atoms with Gasteiger partial charge in [0.05, 0.1) is 11.1 Å². The van der Waals surface area contributed by atoms with Gasteiger partial charge in [0.15, 0.2) is 6.10 Å². The number of nitrogens with zero attached hydrogens (tertiary/aromatic N) is 4. The summed E-state index contributed by atoms with van der Waals surface area (Å²) < 4.78 is 10.7. The molecule has 0 fully saturated rings. The Labute approximate surface area is 159 Å². The first-order valence-corrected chi connectivity index (χ1v) is 8.49. The van der Waals surface area contributed by atoms with Gasteiger partial charge >= 0.3 is 5.97 Å². The highest BCUT2D eigenvalue weighted by Crippen LogP contribution is 2.22. The number of esters is 1. The summed E-state index contributed by atoms with van der Waals surface area (Å²) in [5.41, 5.74) is 1.81. The first-order chi connectivity index (χ1) is 13.1. The molecule has 0 amide bonds. The van der Waals surface area contributed by atoms with Crippen LogP contribution < -0.4 is 0 Å². The molecular weight excluding hydrogens is 368 g/mol. The van der Waals surface area contributed by atoms with Crippen molar-refractivity contribution in [1.82, 2.24) is 20.1 Å². The molecule has 0 aliphatic carbocycles. The van der Waals surface area contributed by atoms with Gasteiger partial charge < -0.3 is 9.26 Å². The zero-order valence-electron chi connectivity index (χ0n) is 14.2. The summed E-state index contributed by atoms with van der Waals surface area (Å²) in [5, 5.41) is 5.08. The Hall–Kier alpha value is -3.32. The first kappa shape index (κ1) is 17.1. The number of hydrogen-bond donors (Lipinski definition) is 0. The van der Waals surface area contributed by atoms with Gasteiger partial charge in [-0.1, -0.05) is 16.8 Å². The zero-order valence-corrected chi connectivity index (χ0v) is 14.9. The van der Waals surface area contributed by atoms with Crippen molar-refractivity contribution in [2.24, 2.45) is 0 Å². The smallest absolute Gasteiger partial charge is 0.338 e. The molecule has 4 aromatic rings. The predicted octanol–water partition coefficient (Wildman–Crippen LogP) is 4.25. The number of benzene rings is 1. The van der Waals surface area contributed by atoms with E-state index in [4.69, 9.17) is 20.9 Å². The molecule has 0 N–H and O–H groups in total. The van der Waals surface area contributed by atoms with Crippen LogP contribution in [-0.4, -0.2) is 26.1 Å². The summed E-state index contributed by atoms with van der Waals surface area (Å²) in [6, 6.07) is 12.1. The van der Waals surface area contributed by atoms with E-state index in [0.29, 0.717) is 27.6 Å². The van der Waals surface area contributed by atoms with E-state index in [2.05, 4.69) is 20.1 Å². The number of carbonyl (C=O) groups is 1. The molecule has 7 nitrogen and oxygen atoms in total. The van der Waals surface area contributed by atoms with Crippen LogP contribution in [0.15, 0.2) is 59.4 Å². The number of rotatable bonds is 4. The summed E-state index contributed by atoms with van der Waals surface area (Å²) >= 11 is 5.87. The number of hydrogen-bond acceptors (Lipinski definition) is 7. The van der Waals surface area contributed by atoms with Crippen molar-refractivity contribution < 1.29 is 14.1 Å². The molecule has 0 bridgehead atoms. The molecule has 0 saturated heterocycles. The lowest BCUT2D eigenvalue weighted by Gasteiger charge is -2.09. The van der Waals surface area contributed by atoms with E-state index >= 15 is 0 Å². The first-order valence-electron chi connectivity index (χ1n) is 8.11. The van der Waals surface area contributed by atoms with Crippen molar-refractivity contribution in [3.05, 3.63) is 71.5 Å². The average molecular weight is 381 g/mol. The molecule has 8 heteroatoms. The van der Waals surface area contributed by atoms with Gasteiger partial charge in [-0.15, -0.1) is 0 Å². The van der Waals surface area contributed by atoms with Crippen molar-refractivity contribution >= 4 is 28.5 Å². The molecule has 4 rings (SSSR count). The predicted molar refractivity (Wildman–Crippen MR) is 98.1 cm³/mol. The molecule has 0 aliphatic heterocycles. The topological polar surface area (TPSA) is 91.0 Å². The largest absolute Gasteiger partial charge is 0.449 e. The number of pyridine rings is 2. The number of carbonyl (C=O) groups excluding carboxylic acids is 1. The highest BCUT2D eigenvalue weighted by molar-refractivity contribution is 6.29. The summed E-state index contributed by atoms with van der Waals surface area (Å²) in [5.74, 6) is 0.0894.